The minimum Gasteiger partial charge on any atom is -0.378 e. The number of nitrogens with zero attached hydrogens (tertiary/aromatic N) is 2. The highest BCUT2D eigenvalue weighted by Gasteiger charge is 2.25. The molecule has 2 aromatic rings. The zero-order chi connectivity index (χ0) is 19.6. The Bertz CT molecular complexity index is 969. The number of hydrogen-bond donors (Lipinski definition) is 1. The van der Waals surface area contributed by atoms with Gasteiger partial charge in [0.05, 0.1) is 28.7 Å². The van der Waals surface area contributed by atoms with Gasteiger partial charge in [-0.15, -0.1) is 0 Å². The van der Waals surface area contributed by atoms with Crippen molar-refractivity contribution in [2.45, 2.75) is 18.7 Å². The van der Waals surface area contributed by atoms with Gasteiger partial charge in [-0.05, 0) is 37.6 Å². The maximum absolute atomic E-state index is 12.7. The molecular weight excluding hydrogens is 370 g/mol. The lowest BCUT2D eigenvalue weighted by Crippen LogP contribution is -2.36. The van der Waals surface area contributed by atoms with Gasteiger partial charge >= 0.3 is 0 Å². The summed E-state index contributed by atoms with van der Waals surface area (Å²) in [5.41, 5.74) is 2.40. The number of nitro groups is 1. The predicted octanol–water partition coefficient (Wildman–Crippen LogP) is 2.85. The maximum Gasteiger partial charge on any atom is 0.293 e. The third kappa shape index (κ3) is 4.20. The van der Waals surface area contributed by atoms with Gasteiger partial charge in [-0.3, -0.25) is 14.8 Å². The molecule has 1 aliphatic rings. The molecule has 9 heteroatoms. The van der Waals surface area contributed by atoms with Crippen LogP contribution in [0.2, 0.25) is 0 Å². The van der Waals surface area contributed by atoms with Gasteiger partial charge in [0.25, 0.3) is 15.7 Å². The maximum atomic E-state index is 12.7. The number of aryl methyl sites for hydroxylation is 2. The molecule has 8 nitrogen and oxygen atoms in total. The van der Waals surface area contributed by atoms with E-state index in [1.807, 2.05) is 17.9 Å². The Balaban J connectivity index is 1.95. The molecule has 27 heavy (non-hydrogen) atoms. The molecule has 0 aliphatic carbocycles. The Labute approximate surface area is 158 Å². The van der Waals surface area contributed by atoms with Gasteiger partial charge in [-0.2, -0.15) is 0 Å². The molecule has 1 saturated heterocycles. The van der Waals surface area contributed by atoms with Crippen LogP contribution in [0.15, 0.2) is 41.3 Å². The molecule has 0 aromatic heterocycles. The molecule has 3 rings (SSSR count). The largest absolute Gasteiger partial charge is 0.378 e. The van der Waals surface area contributed by atoms with Crippen LogP contribution in [0.1, 0.15) is 11.1 Å². The molecule has 1 heterocycles. The molecule has 1 fully saturated rings. The van der Waals surface area contributed by atoms with E-state index >= 15 is 0 Å². The Kier molecular flexibility index (Phi) is 5.33. The zero-order valence-corrected chi connectivity index (χ0v) is 16.0. The number of benzene rings is 2. The van der Waals surface area contributed by atoms with Crippen LogP contribution in [0.25, 0.3) is 0 Å². The topological polar surface area (TPSA) is 102 Å². The molecule has 144 valence electrons. The number of anilines is 2. The molecular formula is C18H21N3O5S. The van der Waals surface area contributed by atoms with Crippen LogP contribution in [-0.4, -0.2) is 39.6 Å². The summed E-state index contributed by atoms with van der Waals surface area (Å²) >= 11 is 0. The quantitative estimate of drug-likeness (QED) is 0.621. The normalized spacial score (nSPS) is 14.8. The van der Waals surface area contributed by atoms with Gasteiger partial charge < -0.3 is 9.64 Å². The summed E-state index contributed by atoms with van der Waals surface area (Å²) in [6, 6.07) is 9.33. The number of rotatable bonds is 5. The number of ether oxygens (including phenoxy) is 1. The number of nitro benzene ring substituents is 1. The fourth-order valence-corrected chi connectivity index (χ4v) is 4.17. The first-order valence-electron chi connectivity index (χ1n) is 8.49. The van der Waals surface area contributed by atoms with Gasteiger partial charge in [-0.25, -0.2) is 8.42 Å². The summed E-state index contributed by atoms with van der Waals surface area (Å²) in [5, 5.41) is 11.5. The second-order valence-corrected chi connectivity index (χ2v) is 8.11. The summed E-state index contributed by atoms with van der Waals surface area (Å²) in [5.74, 6) is 0. The van der Waals surface area contributed by atoms with Crippen molar-refractivity contribution in [1.29, 1.82) is 0 Å². The average Bonchev–Trinajstić information content (AvgIpc) is 2.64. The fraction of sp³-hybridized carbons (Fsp3) is 0.333. The standard InChI is InChI=1S/C18H21N3O5S/c1-13-3-5-16(14(2)11-13)19-27(24,25)15-4-6-17(18(12-15)21(22)23)20-7-9-26-10-8-20/h3-6,11-12,19H,7-10H2,1-2H3. The summed E-state index contributed by atoms with van der Waals surface area (Å²) < 4.78 is 33.2. The predicted molar refractivity (Wildman–Crippen MR) is 103 cm³/mol. The van der Waals surface area contributed by atoms with Crippen molar-refractivity contribution in [3.63, 3.8) is 0 Å². The van der Waals surface area contributed by atoms with E-state index in [1.165, 1.54) is 12.1 Å². The van der Waals surface area contributed by atoms with Crippen molar-refractivity contribution in [3.05, 3.63) is 57.6 Å². The summed E-state index contributed by atoms with van der Waals surface area (Å²) in [6.07, 6.45) is 0. The van der Waals surface area contributed by atoms with Crippen LogP contribution in [0.5, 0.6) is 0 Å². The highest BCUT2D eigenvalue weighted by Crippen LogP contribution is 2.32. The van der Waals surface area contributed by atoms with Crippen molar-refractivity contribution in [1.82, 2.24) is 0 Å². The molecule has 0 saturated carbocycles. The molecule has 1 N–H and O–H groups in total. The smallest absolute Gasteiger partial charge is 0.293 e. The second-order valence-electron chi connectivity index (χ2n) is 6.43. The van der Waals surface area contributed by atoms with Crippen molar-refractivity contribution in [2.75, 3.05) is 35.9 Å². The highest BCUT2D eigenvalue weighted by molar-refractivity contribution is 7.92. The van der Waals surface area contributed by atoms with E-state index in [9.17, 15) is 18.5 Å². The van der Waals surface area contributed by atoms with E-state index in [-0.39, 0.29) is 10.6 Å². The number of morpholine rings is 1. The van der Waals surface area contributed by atoms with E-state index in [0.29, 0.717) is 37.7 Å². The van der Waals surface area contributed by atoms with Crippen LogP contribution in [0.3, 0.4) is 0 Å². The van der Waals surface area contributed by atoms with E-state index in [1.54, 1.807) is 19.1 Å². The summed E-state index contributed by atoms with van der Waals surface area (Å²) in [7, 11) is -3.95. The van der Waals surface area contributed by atoms with Crippen molar-refractivity contribution < 1.29 is 18.1 Å². The first kappa shape index (κ1) is 19.1. The van der Waals surface area contributed by atoms with Gasteiger partial charge in [0.15, 0.2) is 0 Å². The number of hydrogen-bond acceptors (Lipinski definition) is 6. The van der Waals surface area contributed by atoms with E-state index in [2.05, 4.69) is 4.72 Å². The molecule has 0 amide bonds. The molecule has 2 aromatic carbocycles. The Hall–Kier alpha value is -2.65. The molecule has 1 aliphatic heterocycles. The second kappa shape index (κ2) is 7.53. The minimum absolute atomic E-state index is 0.147. The molecule has 0 bridgehead atoms. The van der Waals surface area contributed by atoms with E-state index in [0.717, 1.165) is 17.2 Å². The van der Waals surface area contributed by atoms with Crippen LogP contribution in [-0.2, 0) is 14.8 Å². The van der Waals surface area contributed by atoms with Crippen molar-refractivity contribution in [2.24, 2.45) is 0 Å². The Morgan fingerprint density at radius 1 is 1.11 bits per heavy atom. The molecule has 0 unspecified atom stereocenters. The van der Waals surface area contributed by atoms with Crippen molar-refractivity contribution >= 4 is 27.1 Å². The number of sulfonamides is 1. The third-order valence-corrected chi connectivity index (χ3v) is 5.80. The molecule has 0 spiro atoms. The third-order valence-electron chi connectivity index (χ3n) is 4.43. The highest BCUT2D eigenvalue weighted by atomic mass is 32.2. The fourth-order valence-electron chi connectivity index (χ4n) is 3.02. The monoisotopic (exact) mass is 391 g/mol. The first-order valence-corrected chi connectivity index (χ1v) is 9.97. The lowest BCUT2D eigenvalue weighted by Gasteiger charge is -2.28. The van der Waals surface area contributed by atoms with Crippen molar-refractivity contribution in [3.8, 4) is 0 Å². The average molecular weight is 391 g/mol. The lowest BCUT2D eigenvalue weighted by atomic mass is 10.1. The van der Waals surface area contributed by atoms with Gasteiger partial charge in [0, 0.05) is 19.2 Å². The summed E-state index contributed by atoms with van der Waals surface area (Å²) in [6.45, 7) is 5.71. The summed E-state index contributed by atoms with van der Waals surface area (Å²) in [4.78, 5) is 12.7. The SMILES string of the molecule is Cc1ccc(NS(=O)(=O)c2ccc(N3CCOCC3)c([N+](=O)[O-])c2)c(C)c1. The zero-order valence-electron chi connectivity index (χ0n) is 15.1. The molecule has 0 radical (unpaired) electrons. The lowest BCUT2D eigenvalue weighted by molar-refractivity contribution is -0.384. The van der Waals surface area contributed by atoms with Gasteiger partial charge in [-0.1, -0.05) is 17.7 Å². The van der Waals surface area contributed by atoms with E-state index < -0.39 is 14.9 Å². The van der Waals surface area contributed by atoms with E-state index in [4.69, 9.17) is 4.74 Å². The van der Waals surface area contributed by atoms with Gasteiger partial charge in [0.1, 0.15) is 5.69 Å². The first-order chi connectivity index (χ1) is 12.8. The minimum atomic E-state index is -3.95. The number of nitrogens with one attached hydrogen (secondary N) is 1. The Morgan fingerprint density at radius 2 is 1.81 bits per heavy atom. The van der Waals surface area contributed by atoms with Crippen LogP contribution in [0, 0.1) is 24.0 Å². The van der Waals surface area contributed by atoms with Crippen LogP contribution >= 0.6 is 0 Å². The van der Waals surface area contributed by atoms with Gasteiger partial charge in [0.2, 0.25) is 0 Å². The van der Waals surface area contributed by atoms with Crippen LogP contribution < -0.4 is 9.62 Å². The molecule has 0 atom stereocenters. The Morgan fingerprint density at radius 3 is 2.44 bits per heavy atom. The van der Waals surface area contributed by atoms with Crippen LogP contribution in [0.4, 0.5) is 17.1 Å².